The van der Waals surface area contributed by atoms with Crippen molar-refractivity contribution in [2.75, 3.05) is 19.3 Å². The number of hydrogen-bond acceptors (Lipinski definition) is 7. The summed E-state index contributed by atoms with van der Waals surface area (Å²) in [5.41, 5.74) is -1.71. The molecule has 4 rings (SSSR count). The normalized spacial score (nSPS) is 23.1. The Kier molecular flexibility index (Phi) is 12.2. The highest BCUT2D eigenvalue weighted by Gasteiger charge is 2.46. The molecule has 1 heterocycles. The van der Waals surface area contributed by atoms with E-state index in [-0.39, 0.29) is 17.8 Å². The highest BCUT2D eigenvalue weighted by molar-refractivity contribution is 7.89. The average Bonchev–Trinajstić information content (AvgIpc) is 3.96. The fourth-order valence-electron chi connectivity index (χ4n) is 7.11. The van der Waals surface area contributed by atoms with E-state index in [0.29, 0.717) is 51.0 Å². The Morgan fingerprint density at radius 1 is 0.938 bits per heavy atom. The van der Waals surface area contributed by atoms with Crippen LogP contribution in [-0.4, -0.2) is 102 Å². The van der Waals surface area contributed by atoms with Crippen molar-refractivity contribution >= 4 is 39.6 Å². The number of likely N-dealkylation sites (tertiary alicyclic amines) is 1. The van der Waals surface area contributed by atoms with Crippen LogP contribution in [-0.2, 0) is 29.2 Å². The second kappa shape index (κ2) is 15.4. The molecule has 1 unspecified atom stereocenters. The number of urea groups is 1. The van der Waals surface area contributed by atoms with Gasteiger partial charge < -0.3 is 26.2 Å². The van der Waals surface area contributed by atoms with E-state index in [1.165, 1.54) is 9.21 Å². The molecule has 0 bridgehead atoms. The van der Waals surface area contributed by atoms with Gasteiger partial charge >= 0.3 is 6.03 Å². The van der Waals surface area contributed by atoms with Gasteiger partial charge in [0.2, 0.25) is 27.6 Å². The number of carbonyl (C=O) groups is 5. The maximum absolute atomic E-state index is 14.1. The third kappa shape index (κ3) is 9.70. The molecule has 0 aromatic rings. The highest BCUT2D eigenvalue weighted by Crippen LogP contribution is 2.37. The Bertz CT molecular complexity index is 1320. The van der Waals surface area contributed by atoms with Crippen molar-refractivity contribution in [1.29, 1.82) is 0 Å². The van der Waals surface area contributed by atoms with Crippen molar-refractivity contribution in [2.24, 2.45) is 11.3 Å². The molecule has 0 radical (unpaired) electrons. The van der Waals surface area contributed by atoms with Gasteiger partial charge in [-0.25, -0.2) is 17.5 Å². The SMILES string of the molecule is CCCC(NC(=O)[C@@H]1CCCN1C(=O)[C@@H](NC(=O)NC1(CS(=O)(=O)N(C)[C@H](C)C2CC2)CCCCC1)C(C)(C)C)C(=O)C(=O)NC1CC1. The maximum Gasteiger partial charge on any atom is 0.315 e. The van der Waals surface area contributed by atoms with Crippen LogP contribution >= 0.6 is 0 Å². The van der Waals surface area contributed by atoms with Crippen LogP contribution < -0.4 is 21.3 Å². The molecule has 48 heavy (non-hydrogen) atoms. The Morgan fingerprint density at radius 2 is 1.58 bits per heavy atom. The molecular weight excluding hydrogens is 636 g/mol. The highest BCUT2D eigenvalue weighted by atomic mass is 32.2. The zero-order valence-corrected chi connectivity index (χ0v) is 30.5. The molecule has 13 nitrogen and oxygen atoms in total. The lowest BCUT2D eigenvalue weighted by molar-refractivity contribution is -0.143. The van der Waals surface area contributed by atoms with Gasteiger partial charge in [-0.15, -0.1) is 0 Å². The number of rotatable bonds is 15. The molecule has 1 saturated heterocycles. The molecule has 4 atom stereocenters. The summed E-state index contributed by atoms with van der Waals surface area (Å²) in [7, 11) is -2.06. The second-order valence-corrected chi connectivity index (χ2v) is 17.8. The zero-order valence-electron chi connectivity index (χ0n) is 29.7. The minimum atomic E-state index is -3.68. The average molecular weight is 695 g/mol. The predicted octanol–water partition coefficient (Wildman–Crippen LogP) is 2.59. The van der Waals surface area contributed by atoms with Gasteiger partial charge in [-0.2, -0.15) is 0 Å². The minimum Gasteiger partial charge on any atom is -0.347 e. The van der Waals surface area contributed by atoms with E-state index in [9.17, 15) is 32.4 Å². The van der Waals surface area contributed by atoms with Gasteiger partial charge in [-0.3, -0.25) is 19.2 Å². The van der Waals surface area contributed by atoms with Crippen molar-refractivity contribution in [3.8, 4) is 0 Å². The second-order valence-electron chi connectivity index (χ2n) is 15.7. The van der Waals surface area contributed by atoms with E-state index in [2.05, 4.69) is 21.3 Å². The van der Waals surface area contributed by atoms with E-state index in [1.807, 2.05) is 34.6 Å². The van der Waals surface area contributed by atoms with E-state index in [1.54, 1.807) is 7.05 Å². The number of amides is 5. The van der Waals surface area contributed by atoms with Gasteiger partial charge in [0.15, 0.2) is 0 Å². The topological polar surface area (TPSA) is 174 Å². The number of carbonyl (C=O) groups excluding carboxylic acids is 5. The molecule has 0 aromatic heterocycles. The van der Waals surface area contributed by atoms with Gasteiger partial charge in [-0.1, -0.05) is 53.4 Å². The molecule has 0 spiro atoms. The van der Waals surface area contributed by atoms with Crippen LogP contribution in [0.15, 0.2) is 0 Å². The predicted molar refractivity (Wildman–Crippen MR) is 182 cm³/mol. The Hall–Kier alpha value is -2.74. The van der Waals surface area contributed by atoms with Gasteiger partial charge in [0.25, 0.3) is 5.91 Å². The molecule has 3 aliphatic carbocycles. The zero-order chi connectivity index (χ0) is 35.4. The first kappa shape index (κ1) is 38.1. The molecular formula is C34H58N6O7S. The van der Waals surface area contributed by atoms with Crippen molar-refractivity contribution in [2.45, 2.75) is 154 Å². The Balaban J connectivity index is 1.45. The fourth-order valence-corrected chi connectivity index (χ4v) is 9.05. The quantitative estimate of drug-likeness (QED) is 0.191. The summed E-state index contributed by atoms with van der Waals surface area (Å²) in [6, 6.07) is -3.57. The third-order valence-electron chi connectivity index (χ3n) is 10.5. The molecule has 4 aliphatic rings. The summed E-state index contributed by atoms with van der Waals surface area (Å²) >= 11 is 0. The lowest BCUT2D eigenvalue weighted by Crippen LogP contribution is -2.63. The Labute approximate surface area is 286 Å². The number of nitrogens with one attached hydrogen (secondary N) is 4. The molecule has 5 amide bonds. The lowest BCUT2D eigenvalue weighted by atomic mass is 9.83. The largest absolute Gasteiger partial charge is 0.347 e. The molecule has 272 valence electrons. The van der Waals surface area contributed by atoms with Crippen LogP contribution in [0.1, 0.15) is 118 Å². The summed E-state index contributed by atoms with van der Waals surface area (Å²) in [6.07, 6.45) is 9.08. The van der Waals surface area contributed by atoms with Gasteiger partial charge in [0.1, 0.15) is 12.1 Å². The first-order valence-corrected chi connectivity index (χ1v) is 19.6. The first-order valence-electron chi connectivity index (χ1n) is 18.0. The van der Waals surface area contributed by atoms with Crippen molar-refractivity contribution in [3.63, 3.8) is 0 Å². The number of hydrogen-bond donors (Lipinski definition) is 4. The summed E-state index contributed by atoms with van der Waals surface area (Å²) in [5, 5.41) is 11.3. The third-order valence-corrected chi connectivity index (χ3v) is 12.7. The summed E-state index contributed by atoms with van der Waals surface area (Å²) in [6.45, 7) is 9.57. The maximum atomic E-state index is 14.1. The van der Waals surface area contributed by atoms with Crippen LogP contribution in [0, 0.1) is 11.3 Å². The minimum absolute atomic E-state index is 0.0103. The molecule has 0 aromatic carbocycles. The number of ketones is 1. The standard InChI is InChI=1S/C34H58N6O7S/c1-7-12-25(27(41)30(43)35-24-16-17-24)36-29(42)26-13-11-20-40(26)31(44)28(33(3,4)5)37-32(45)38-34(18-9-8-10-19-34)21-48(46,47)39(6)22(2)23-14-15-23/h22-26,28H,7-21H2,1-6H3,(H,35,43)(H,36,42)(H2,37,38,45)/t22-,25?,26+,28-/m1/s1. The first-order chi connectivity index (χ1) is 22.5. The van der Waals surface area contributed by atoms with E-state index in [0.717, 1.165) is 44.9 Å². The van der Waals surface area contributed by atoms with Crippen molar-refractivity contribution < 1.29 is 32.4 Å². The molecule has 3 saturated carbocycles. The monoisotopic (exact) mass is 694 g/mol. The Morgan fingerprint density at radius 3 is 2.15 bits per heavy atom. The smallest absolute Gasteiger partial charge is 0.315 e. The van der Waals surface area contributed by atoms with E-state index < -0.39 is 68.6 Å². The summed E-state index contributed by atoms with van der Waals surface area (Å²) in [4.78, 5) is 68.2. The summed E-state index contributed by atoms with van der Waals surface area (Å²) in [5.74, 6) is -2.16. The lowest BCUT2D eigenvalue weighted by Gasteiger charge is -2.41. The molecule has 4 N–H and O–H groups in total. The molecule has 14 heteroatoms. The summed E-state index contributed by atoms with van der Waals surface area (Å²) < 4.78 is 28.6. The van der Waals surface area contributed by atoms with Crippen LogP contribution in [0.3, 0.4) is 0 Å². The number of sulfonamides is 1. The molecule has 1 aliphatic heterocycles. The van der Waals surface area contributed by atoms with Crippen LogP contribution in [0.25, 0.3) is 0 Å². The number of nitrogens with zero attached hydrogens (tertiary/aromatic N) is 2. The molecule has 4 fully saturated rings. The van der Waals surface area contributed by atoms with Gasteiger partial charge in [-0.05, 0) is 76.0 Å². The van der Waals surface area contributed by atoms with Gasteiger partial charge in [0, 0.05) is 25.7 Å². The van der Waals surface area contributed by atoms with Crippen LogP contribution in [0.5, 0.6) is 0 Å². The fraction of sp³-hybridized carbons (Fsp3) is 0.853. The van der Waals surface area contributed by atoms with E-state index >= 15 is 0 Å². The van der Waals surface area contributed by atoms with Gasteiger partial charge in [0.05, 0.1) is 17.3 Å². The van der Waals surface area contributed by atoms with Crippen molar-refractivity contribution in [3.05, 3.63) is 0 Å². The van der Waals surface area contributed by atoms with E-state index in [4.69, 9.17) is 0 Å². The van der Waals surface area contributed by atoms with Crippen molar-refractivity contribution in [1.82, 2.24) is 30.5 Å². The number of Topliss-reactive ketones (excluding diaryl/α,β-unsaturated/α-hetero) is 1. The van der Waals surface area contributed by atoms with Crippen LogP contribution in [0.2, 0.25) is 0 Å². The van der Waals surface area contributed by atoms with Crippen LogP contribution in [0.4, 0.5) is 4.79 Å².